The summed E-state index contributed by atoms with van der Waals surface area (Å²) in [6.45, 7) is 1.88. The summed E-state index contributed by atoms with van der Waals surface area (Å²) in [5, 5.41) is 0.469. The summed E-state index contributed by atoms with van der Waals surface area (Å²) in [6.07, 6.45) is 0. The van der Waals surface area contributed by atoms with Crippen molar-refractivity contribution >= 4 is 42.4 Å². The molecule has 0 radical (unpaired) electrons. The topological polar surface area (TPSA) is 85.1 Å². The average molecular weight is 319 g/mol. The van der Waals surface area contributed by atoms with Crippen molar-refractivity contribution in [2.24, 2.45) is 0 Å². The van der Waals surface area contributed by atoms with Gasteiger partial charge in [-0.05, 0) is 36.8 Å². The Hall–Kier alpha value is -2.12. The second kappa shape index (κ2) is 5.01. The van der Waals surface area contributed by atoms with Gasteiger partial charge in [0.25, 0.3) is 10.0 Å². The number of fused-ring (bicyclic) bond motifs is 1. The molecule has 0 unspecified atom stereocenters. The van der Waals surface area contributed by atoms with E-state index in [4.69, 9.17) is 5.73 Å². The van der Waals surface area contributed by atoms with Gasteiger partial charge in [0.2, 0.25) is 0 Å². The molecule has 0 atom stereocenters. The molecule has 0 amide bonds. The van der Waals surface area contributed by atoms with Gasteiger partial charge in [-0.15, -0.1) is 0 Å². The summed E-state index contributed by atoms with van der Waals surface area (Å²) in [7, 11) is -3.59. The van der Waals surface area contributed by atoms with E-state index in [-0.39, 0.29) is 4.90 Å². The number of nitrogen functional groups attached to an aromatic ring is 1. The molecule has 0 saturated carbocycles. The van der Waals surface area contributed by atoms with Crippen LogP contribution in [-0.2, 0) is 10.0 Å². The molecule has 5 nitrogen and oxygen atoms in total. The van der Waals surface area contributed by atoms with Crippen molar-refractivity contribution in [1.29, 1.82) is 0 Å². The Labute approximate surface area is 126 Å². The highest BCUT2D eigenvalue weighted by Gasteiger charge is 2.15. The Balaban J connectivity index is 2.02. The van der Waals surface area contributed by atoms with Gasteiger partial charge < -0.3 is 5.73 Å². The van der Waals surface area contributed by atoms with E-state index in [0.29, 0.717) is 10.8 Å². The van der Waals surface area contributed by atoms with Crippen LogP contribution in [0.15, 0.2) is 47.4 Å². The third-order valence-electron chi connectivity index (χ3n) is 3.01. The lowest BCUT2D eigenvalue weighted by molar-refractivity contribution is 0.601. The van der Waals surface area contributed by atoms with Crippen molar-refractivity contribution in [2.75, 3.05) is 10.5 Å². The molecular formula is C14H13N3O2S2. The molecule has 0 fully saturated rings. The maximum Gasteiger partial charge on any atom is 0.261 e. The Kier molecular flexibility index (Phi) is 3.30. The van der Waals surface area contributed by atoms with Crippen LogP contribution in [0.4, 0.5) is 10.8 Å². The molecule has 1 aromatic heterocycles. The molecule has 0 spiro atoms. The molecular weight excluding hydrogens is 306 g/mol. The zero-order valence-electron chi connectivity index (χ0n) is 11.2. The molecule has 0 aliphatic rings. The van der Waals surface area contributed by atoms with Crippen LogP contribution in [0, 0.1) is 6.92 Å². The third kappa shape index (κ3) is 2.70. The predicted octanol–water partition coefficient (Wildman–Crippen LogP) is 2.99. The van der Waals surface area contributed by atoms with Crippen molar-refractivity contribution in [3.63, 3.8) is 0 Å². The number of hydrogen-bond donors (Lipinski definition) is 2. The molecule has 3 aromatic rings. The van der Waals surface area contributed by atoms with Gasteiger partial charge in [-0.2, -0.15) is 0 Å². The smallest absolute Gasteiger partial charge is 0.261 e. The first kappa shape index (κ1) is 13.8. The number of hydrogen-bond acceptors (Lipinski definition) is 5. The van der Waals surface area contributed by atoms with Crippen molar-refractivity contribution < 1.29 is 8.42 Å². The number of thiazole rings is 1. The molecule has 3 rings (SSSR count). The monoisotopic (exact) mass is 319 g/mol. The first-order chi connectivity index (χ1) is 9.95. The summed E-state index contributed by atoms with van der Waals surface area (Å²) in [6, 6.07) is 11.8. The molecule has 0 aliphatic carbocycles. The van der Waals surface area contributed by atoms with Gasteiger partial charge in [0.1, 0.15) is 0 Å². The highest BCUT2D eigenvalue weighted by atomic mass is 32.2. The molecule has 108 valence electrons. The van der Waals surface area contributed by atoms with Crippen LogP contribution in [0.1, 0.15) is 5.56 Å². The second-order valence-corrected chi connectivity index (χ2v) is 7.36. The van der Waals surface area contributed by atoms with Crippen molar-refractivity contribution in [3.8, 4) is 0 Å². The lowest BCUT2D eigenvalue weighted by atomic mass is 10.2. The van der Waals surface area contributed by atoms with Gasteiger partial charge >= 0.3 is 0 Å². The van der Waals surface area contributed by atoms with E-state index in [0.717, 1.165) is 15.8 Å². The van der Waals surface area contributed by atoms with Crippen LogP contribution >= 0.6 is 11.3 Å². The molecule has 1 heterocycles. The zero-order valence-corrected chi connectivity index (χ0v) is 12.8. The van der Waals surface area contributed by atoms with E-state index in [1.165, 1.54) is 11.3 Å². The number of aromatic nitrogens is 1. The number of nitrogens with one attached hydrogen (secondary N) is 1. The summed E-state index contributed by atoms with van der Waals surface area (Å²) >= 11 is 1.33. The fraction of sp³-hybridized carbons (Fsp3) is 0.0714. The first-order valence-electron chi connectivity index (χ1n) is 6.20. The minimum absolute atomic E-state index is 0.228. The highest BCUT2D eigenvalue weighted by Crippen LogP contribution is 2.30. The van der Waals surface area contributed by atoms with Gasteiger partial charge in [0.05, 0.1) is 20.8 Å². The van der Waals surface area contributed by atoms with E-state index in [1.54, 1.807) is 42.5 Å². The molecule has 3 N–H and O–H groups in total. The van der Waals surface area contributed by atoms with Crippen LogP contribution < -0.4 is 10.5 Å². The second-order valence-electron chi connectivity index (χ2n) is 4.61. The predicted molar refractivity (Wildman–Crippen MR) is 86.0 cm³/mol. The molecule has 0 saturated heterocycles. The van der Waals surface area contributed by atoms with Gasteiger partial charge in [0.15, 0.2) is 5.13 Å². The van der Waals surface area contributed by atoms with E-state index < -0.39 is 10.0 Å². The molecule has 0 aliphatic heterocycles. The van der Waals surface area contributed by atoms with Crippen LogP contribution in [-0.4, -0.2) is 13.4 Å². The van der Waals surface area contributed by atoms with Crippen LogP contribution in [0.2, 0.25) is 0 Å². The number of sulfonamides is 1. The Morgan fingerprint density at radius 1 is 1.19 bits per heavy atom. The van der Waals surface area contributed by atoms with Crippen molar-refractivity contribution in [2.45, 2.75) is 11.8 Å². The SMILES string of the molecule is Cc1cc(NS(=O)(=O)c2ccccc2)cc2sc(N)nc12. The molecule has 2 aromatic carbocycles. The van der Waals surface area contributed by atoms with Crippen LogP contribution in [0.5, 0.6) is 0 Å². The fourth-order valence-corrected chi connectivity index (χ4v) is 4.00. The number of nitrogens with zero attached hydrogens (tertiary/aromatic N) is 1. The standard InChI is InChI=1S/C14H13N3O2S2/c1-9-7-10(8-12-13(9)16-14(15)20-12)17-21(18,19)11-5-3-2-4-6-11/h2-8,17H,1H3,(H2,15,16). The maximum absolute atomic E-state index is 12.3. The minimum atomic E-state index is -3.59. The van der Waals surface area contributed by atoms with Crippen molar-refractivity contribution in [1.82, 2.24) is 4.98 Å². The third-order valence-corrected chi connectivity index (χ3v) is 5.24. The molecule has 0 bridgehead atoms. The lowest BCUT2D eigenvalue weighted by Gasteiger charge is -2.09. The average Bonchev–Trinajstić information content (AvgIpc) is 2.80. The van der Waals surface area contributed by atoms with Gasteiger partial charge in [-0.1, -0.05) is 29.5 Å². The van der Waals surface area contributed by atoms with Gasteiger partial charge in [0, 0.05) is 0 Å². The largest absolute Gasteiger partial charge is 0.375 e. The minimum Gasteiger partial charge on any atom is -0.375 e. The summed E-state index contributed by atoms with van der Waals surface area (Å²) in [5.74, 6) is 0. The zero-order chi connectivity index (χ0) is 15.0. The Morgan fingerprint density at radius 2 is 1.90 bits per heavy atom. The van der Waals surface area contributed by atoms with E-state index >= 15 is 0 Å². The Morgan fingerprint density at radius 3 is 2.62 bits per heavy atom. The first-order valence-corrected chi connectivity index (χ1v) is 8.50. The van der Waals surface area contributed by atoms with Gasteiger partial charge in [-0.3, -0.25) is 4.72 Å². The quantitative estimate of drug-likeness (QED) is 0.777. The number of aryl methyl sites for hydroxylation is 1. The number of nitrogens with two attached hydrogens (primary N) is 1. The number of benzene rings is 2. The van der Waals surface area contributed by atoms with E-state index in [2.05, 4.69) is 9.71 Å². The maximum atomic E-state index is 12.3. The number of rotatable bonds is 3. The fourth-order valence-electron chi connectivity index (χ4n) is 2.09. The van der Waals surface area contributed by atoms with E-state index in [1.807, 2.05) is 6.92 Å². The van der Waals surface area contributed by atoms with Crippen LogP contribution in [0.3, 0.4) is 0 Å². The molecule has 7 heteroatoms. The summed E-state index contributed by atoms with van der Waals surface area (Å²) < 4.78 is 28.1. The Bertz CT molecular complexity index is 903. The van der Waals surface area contributed by atoms with Crippen LogP contribution in [0.25, 0.3) is 10.2 Å². The molecule has 21 heavy (non-hydrogen) atoms. The summed E-state index contributed by atoms with van der Waals surface area (Å²) in [5.41, 5.74) is 7.89. The lowest BCUT2D eigenvalue weighted by Crippen LogP contribution is -2.12. The van der Waals surface area contributed by atoms with E-state index in [9.17, 15) is 8.42 Å². The highest BCUT2D eigenvalue weighted by molar-refractivity contribution is 7.92. The van der Waals surface area contributed by atoms with Crippen molar-refractivity contribution in [3.05, 3.63) is 48.0 Å². The normalized spacial score (nSPS) is 11.7. The van der Waals surface area contributed by atoms with Gasteiger partial charge in [-0.25, -0.2) is 13.4 Å². The number of anilines is 2. The summed E-state index contributed by atoms with van der Waals surface area (Å²) in [4.78, 5) is 4.46.